The molecule has 9 heteroatoms. The molecule has 0 aromatic rings. The monoisotopic (exact) mass is 1860 g/mol. The Hall–Kier alpha value is -19.5. The van der Waals surface area contributed by atoms with Crippen molar-refractivity contribution in [2.75, 3.05) is 0 Å². The second kappa shape index (κ2) is 118000. The Labute approximate surface area is 848 Å². The van der Waals surface area contributed by atoms with Gasteiger partial charge in [-0.1, -0.05) is 169 Å². The average Bonchev–Trinajstić information content (AvgIpc) is 4.07. The number of rotatable bonds is 0. The molecule has 0 aliphatic rings. The molecule has 9 nitrogen and oxygen atoms in total. The van der Waals surface area contributed by atoms with Gasteiger partial charge in [-0.05, 0) is 26.3 Å². The van der Waals surface area contributed by atoms with Crippen LogP contribution in [0.3, 0.4) is 0 Å². The number of carbonyl (C=O) groups is 7. The van der Waals surface area contributed by atoms with E-state index in [0.29, 0.717) is 0 Å². The van der Waals surface area contributed by atoms with Crippen LogP contribution in [0.25, 0.3) is 0 Å². The lowest BCUT2D eigenvalue weighted by atomic mass is 10.9. The maximum absolute atomic E-state index is 8.57. The molecule has 0 aromatic heterocycles. The second-order valence-electron chi connectivity index (χ2n) is 3.64. The van der Waals surface area contributed by atoms with Gasteiger partial charge in [-0.3, -0.25) is 0 Å². The van der Waals surface area contributed by atoms with Gasteiger partial charge in [0, 0.05) is 0 Å². The molecule has 0 saturated carbocycles. The third-order valence-electron chi connectivity index (χ3n) is 0.125. The molecular formula is C125H218O9. The quantitative estimate of drug-likeness (QED) is 0.131. The van der Waals surface area contributed by atoms with Crippen molar-refractivity contribution in [3.05, 3.63) is 751 Å². The van der Waals surface area contributed by atoms with E-state index in [1.165, 1.54) is 11.9 Å². The van der Waals surface area contributed by atoms with Gasteiger partial charge < -0.3 is 33.6 Å². The molecular weight excluding hydrogens is 1650 g/mol. The summed E-state index contributed by atoms with van der Waals surface area (Å²) < 4.78 is 0. The molecule has 0 rings (SSSR count). The Morgan fingerprint density at radius 1 is 0.0746 bits per heavy atom. The summed E-state index contributed by atoms with van der Waals surface area (Å²) in [4.78, 5) is 73.1. The Morgan fingerprint density at radius 2 is 0.0821 bits per heavy atom. The van der Waals surface area contributed by atoms with Gasteiger partial charge in [-0.15, -0.1) is 556 Å². The highest BCUT2D eigenvalue weighted by atomic mass is 16.1. The van der Waals surface area contributed by atoms with Crippen molar-refractivity contribution >= 4 is 59.4 Å². The van der Waals surface area contributed by atoms with E-state index in [1.807, 2.05) is 47.5 Å². The van der Waals surface area contributed by atoms with Crippen LogP contribution in [-0.2, 0) is 43.2 Å². The highest BCUT2D eigenvalue weighted by molar-refractivity contribution is 5.38. The van der Waals surface area contributed by atoms with Crippen LogP contribution < -0.4 is 0 Å². The zero-order valence-electron chi connectivity index (χ0n) is 88.7. The van der Waals surface area contributed by atoms with Gasteiger partial charge in [0.25, 0.3) is 0 Å². The molecule has 0 aliphatic carbocycles. The van der Waals surface area contributed by atoms with E-state index in [1.54, 1.807) is 0 Å². The van der Waals surface area contributed by atoms with Crippen molar-refractivity contribution in [2.45, 2.75) is 0 Å². The first-order chi connectivity index (χ1) is 65.7. The van der Waals surface area contributed by atoms with Crippen molar-refractivity contribution < 1.29 is 43.2 Å². The Bertz CT molecular complexity index is 1300. The molecule has 0 fully saturated rings. The Balaban J connectivity index is -0.00000000750. The predicted molar refractivity (Wildman–Crippen MR) is 684 cm³/mol. The van der Waals surface area contributed by atoms with Crippen LogP contribution >= 0.6 is 0 Å². The van der Waals surface area contributed by atoms with Crippen molar-refractivity contribution in [1.82, 2.24) is 0 Å². The molecule has 0 amide bonds. The predicted octanol–water partition coefficient (Wildman–Crippen LogP) is 41.0. The standard InChI is InChI=1S/C4H4.12C3H4.2C2H2O.37C2H4.7CH2O/c1-3-4-2;12*1-3-2;2*1-2-3;44*1-2/h1-2H2;12*1-2H2;2*1H2;37*1-2H2;7*1H2. The van der Waals surface area contributed by atoms with Gasteiger partial charge in [0.15, 0.2) is 0 Å². The van der Waals surface area contributed by atoms with Gasteiger partial charge in [0.05, 0.1) is 0 Å². The van der Waals surface area contributed by atoms with Crippen LogP contribution in [-0.4, -0.2) is 59.4 Å². The summed E-state index contributed by atoms with van der Waals surface area (Å²) in [6.07, 6.45) is 0. The lowest BCUT2D eigenvalue weighted by molar-refractivity contribution is -0.0987. The zero-order valence-corrected chi connectivity index (χ0v) is 88.7. The van der Waals surface area contributed by atoms with E-state index in [0.717, 1.165) is 0 Å². The average molecular weight is 1870 g/mol. The molecule has 0 aromatic carbocycles. The van der Waals surface area contributed by atoms with Crippen LogP contribution in [0.1, 0.15) is 0 Å². The smallest absolute Gasteiger partial charge is 0.116 e. The minimum absolute atomic E-state index is 1.25. The first kappa shape index (κ1) is 479. The van der Waals surface area contributed by atoms with Crippen molar-refractivity contribution in [3.63, 3.8) is 0 Å². The van der Waals surface area contributed by atoms with E-state index in [-0.39, 0.29) is 0 Å². The van der Waals surface area contributed by atoms with Crippen LogP contribution in [0.4, 0.5) is 0 Å². The summed E-state index contributed by atoms with van der Waals surface area (Å²) in [7, 11) is 0. The van der Waals surface area contributed by atoms with Crippen LogP contribution in [0.5, 0.6) is 0 Å². The van der Waals surface area contributed by atoms with Gasteiger partial charge in [-0.25, -0.2) is 9.59 Å². The lowest BCUT2D eigenvalue weighted by Crippen LogP contribution is -1.15. The summed E-state index contributed by atoms with van der Waals surface area (Å²) in [5, 5.41) is 0. The van der Waals surface area contributed by atoms with E-state index >= 15 is 0 Å². The molecule has 0 spiro atoms. The topological polar surface area (TPSA) is 154 Å². The van der Waals surface area contributed by atoms with Crippen LogP contribution in [0.15, 0.2) is 751 Å². The van der Waals surface area contributed by atoms with E-state index < -0.39 is 0 Å². The number of hydrogen-bond donors (Lipinski definition) is 0. The number of hydrogen-bond acceptors (Lipinski definition) is 9. The van der Waals surface area contributed by atoms with E-state index in [9.17, 15) is 0 Å². The zero-order chi connectivity index (χ0) is 129. The molecule has 0 N–H and O–H groups in total. The maximum atomic E-state index is 8.57. The largest absolute Gasteiger partial charge is 0.307 e. The van der Waals surface area contributed by atoms with Gasteiger partial charge >= 0.3 is 0 Å². The van der Waals surface area contributed by atoms with Gasteiger partial charge in [-0.2, -0.15) is 0 Å². The SMILES string of the molecule is C=C.C=C.C=C.C=C.C=C.C=C.C=C.C=C.C=C.C=C.C=C.C=C.C=C.C=C.C=C.C=C.C=C.C=C.C=C.C=C.C=C.C=C.C=C.C=C.C=C.C=C.C=C.C=C.C=C.C=C.C=C.C=C.C=C.C=C.C=C.C=C.C=C.C=C=C.C=C=C.C=C=C.C=C=C.C=C=C.C=C=C.C=C=C.C=C=C.C=C=C.C=C=C.C=C=C.C=C=C.C=C=C=C.C=C=O.C=C=O.C=O.C=O.C=O.C=O.C=O.C=O.C=O. The third kappa shape index (κ3) is 4090. The van der Waals surface area contributed by atoms with Gasteiger partial charge in [0.2, 0.25) is 0 Å². The van der Waals surface area contributed by atoms with Crippen LogP contribution in [0.2, 0.25) is 0 Å². The van der Waals surface area contributed by atoms with Crippen molar-refractivity contribution in [1.29, 1.82) is 0 Å². The Morgan fingerprint density at radius 3 is 0.0821 bits per heavy atom. The lowest BCUT2D eigenvalue weighted by Gasteiger charge is -1.21. The summed E-state index contributed by atoms with van der Waals surface area (Å²) >= 11 is 0. The fourth-order valence-corrected chi connectivity index (χ4v) is 0. The molecule has 134 heavy (non-hydrogen) atoms. The molecule has 772 valence electrons. The highest BCUT2D eigenvalue weighted by Gasteiger charge is 1.08. The minimum Gasteiger partial charge on any atom is -0.307 e. The fourth-order valence-electron chi connectivity index (χ4n) is 0. The second-order valence-corrected chi connectivity index (χ2v) is 3.64. The Kier molecular flexibility index (Phi) is 422000. The van der Waals surface area contributed by atoms with Crippen LogP contribution in [0, 0.1) is 0 Å². The molecule has 0 atom stereocenters. The summed E-state index contributed by atoms with van der Waals surface area (Å²) in [6.45, 7) is 323. The molecule has 0 heterocycles. The maximum Gasteiger partial charge on any atom is 0.116 e. The molecule has 0 aliphatic heterocycles. The van der Waals surface area contributed by atoms with E-state index in [4.69, 9.17) is 43.2 Å². The number of carbonyl (C=O) groups excluding carboxylic acids is 9. The normalized spacial score (nSPS) is 2.24. The summed E-state index contributed by atoms with van der Waals surface area (Å²) in [5.74, 6) is 2.50. The molecule has 0 saturated heterocycles. The molecule has 0 bridgehead atoms. The first-order valence-electron chi connectivity index (χ1n) is 31.1. The first-order valence-corrected chi connectivity index (χ1v) is 31.1. The highest BCUT2D eigenvalue weighted by Crippen LogP contribution is 1.30. The van der Waals surface area contributed by atoms with Crippen molar-refractivity contribution in [2.24, 2.45) is 0 Å². The molecule has 0 unspecified atom stereocenters. The van der Waals surface area contributed by atoms with E-state index in [2.05, 4.69) is 751 Å². The van der Waals surface area contributed by atoms with Crippen molar-refractivity contribution in [3.8, 4) is 0 Å². The van der Waals surface area contributed by atoms with Gasteiger partial charge in [0.1, 0.15) is 59.4 Å². The summed E-state index contributed by atoms with van der Waals surface area (Å²) in [5.41, 5.74) is 31.6. The molecule has 0 radical (unpaired) electrons. The summed E-state index contributed by atoms with van der Waals surface area (Å²) in [6, 6.07) is 0. The third-order valence-corrected chi connectivity index (χ3v) is 0.125. The fraction of sp³-hybridized carbons (Fsp3) is 0. The minimum atomic E-state index is 1.25.